The number of carboxylic acids is 2. The fourth-order valence-electron chi connectivity index (χ4n) is 1.40. The summed E-state index contributed by atoms with van der Waals surface area (Å²) in [5, 5.41) is 16.5. The zero-order chi connectivity index (χ0) is 13.7. The zero-order valence-electron chi connectivity index (χ0n) is 9.33. The first-order valence-electron chi connectivity index (χ1n) is 5.24. The molecule has 0 aromatic rings. The Hall–Kier alpha value is -2.12. The van der Waals surface area contributed by atoms with Crippen LogP contribution in [0.5, 0.6) is 0 Å². The average molecular weight is 260 g/mol. The quantitative estimate of drug-likeness (QED) is 0.639. The molecule has 2 N–H and O–H groups in total. The maximum absolute atomic E-state index is 10.3. The molecule has 2 rings (SSSR count). The summed E-state index contributed by atoms with van der Waals surface area (Å²) < 4.78 is 8.77. The van der Waals surface area contributed by atoms with Gasteiger partial charge in [-0.15, -0.1) is 0 Å². The molecule has 0 aromatic heterocycles. The van der Waals surface area contributed by atoms with E-state index < -0.39 is 36.1 Å². The van der Waals surface area contributed by atoms with E-state index in [9.17, 15) is 19.2 Å². The van der Waals surface area contributed by atoms with Gasteiger partial charge in [-0.25, -0.2) is 9.59 Å². The number of carbonyl (C=O) groups excluding carboxylic acids is 2. The minimum absolute atomic E-state index is 0.233. The molecule has 0 bridgehead atoms. The molecule has 18 heavy (non-hydrogen) atoms. The Morgan fingerprint density at radius 2 is 1.22 bits per heavy atom. The molecule has 2 heterocycles. The molecule has 0 saturated carbocycles. The second kappa shape index (κ2) is 5.99. The van der Waals surface area contributed by atoms with Gasteiger partial charge in [0.25, 0.3) is 0 Å². The topological polar surface area (TPSA) is 127 Å². The number of hydrogen-bond acceptors (Lipinski definition) is 6. The number of carboxylic acid groups (broad SMARTS) is 2. The first-order chi connectivity index (χ1) is 8.40. The van der Waals surface area contributed by atoms with Crippen LogP contribution in [-0.2, 0) is 28.7 Å². The third kappa shape index (κ3) is 4.04. The normalized spacial score (nSPS) is 25.8. The van der Waals surface area contributed by atoms with Gasteiger partial charge in [0.2, 0.25) is 0 Å². The van der Waals surface area contributed by atoms with Crippen LogP contribution < -0.4 is 0 Å². The summed E-state index contributed by atoms with van der Waals surface area (Å²) >= 11 is 0. The standard InChI is InChI=1S/2C5H6O4/c2*6-4-2-1-3(9-4)5(7)8/h2*3H,1-2H2,(H,7,8)/t2*3-/m00/s1. The van der Waals surface area contributed by atoms with E-state index in [2.05, 4.69) is 9.47 Å². The van der Waals surface area contributed by atoms with Crippen LogP contribution in [0.3, 0.4) is 0 Å². The number of aliphatic carboxylic acids is 2. The summed E-state index contributed by atoms with van der Waals surface area (Å²) in [5.41, 5.74) is 0. The predicted molar refractivity (Wildman–Crippen MR) is 53.5 cm³/mol. The van der Waals surface area contributed by atoms with Crippen molar-refractivity contribution >= 4 is 23.9 Å². The molecule has 0 aliphatic carbocycles. The van der Waals surface area contributed by atoms with E-state index in [1.54, 1.807) is 0 Å². The maximum Gasteiger partial charge on any atom is 0.345 e. The number of carbonyl (C=O) groups is 4. The largest absolute Gasteiger partial charge is 0.479 e. The summed E-state index contributed by atoms with van der Waals surface area (Å²) in [5.74, 6) is -2.94. The molecule has 2 aliphatic rings. The third-order valence-corrected chi connectivity index (χ3v) is 2.32. The van der Waals surface area contributed by atoms with E-state index in [0.717, 1.165) is 0 Å². The molecule has 2 fully saturated rings. The Morgan fingerprint density at radius 1 is 0.889 bits per heavy atom. The lowest BCUT2D eigenvalue weighted by molar-refractivity contribution is -0.156. The highest BCUT2D eigenvalue weighted by molar-refractivity contribution is 5.82. The van der Waals surface area contributed by atoms with E-state index in [1.165, 1.54) is 0 Å². The highest BCUT2D eigenvalue weighted by Crippen LogP contribution is 2.13. The lowest BCUT2D eigenvalue weighted by Gasteiger charge is -1.99. The van der Waals surface area contributed by atoms with Gasteiger partial charge in [0.1, 0.15) is 0 Å². The number of ether oxygens (including phenoxy) is 2. The van der Waals surface area contributed by atoms with Gasteiger partial charge < -0.3 is 19.7 Å². The molecule has 0 aromatic carbocycles. The van der Waals surface area contributed by atoms with E-state index >= 15 is 0 Å². The predicted octanol–water partition coefficient (Wildman–Crippen LogP) is -0.447. The fraction of sp³-hybridized carbons (Fsp3) is 0.600. The molecule has 0 unspecified atom stereocenters. The fourth-order valence-corrected chi connectivity index (χ4v) is 1.40. The molecular formula is C10H12O8. The van der Waals surface area contributed by atoms with Crippen molar-refractivity contribution in [3.63, 3.8) is 0 Å². The van der Waals surface area contributed by atoms with Gasteiger partial charge in [0.15, 0.2) is 12.2 Å². The molecule has 2 atom stereocenters. The summed E-state index contributed by atoms with van der Waals surface area (Å²) in [6.45, 7) is 0. The smallest absolute Gasteiger partial charge is 0.345 e. The lowest BCUT2D eigenvalue weighted by Crippen LogP contribution is -2.18. The van der Waals surface area contributed by atoms with Gasteiger partial charge in [0.05, 0.1) is 0 Å². The summed E-state index contributed by atoms with van der Waals surface area (Å²) in [4.78, 5) is 40.7. The molecule has 0 spiro atoms. The van der Waals surface area contributed by atoms with Crippen LogP contribution >= 0.6 is 0 Å². The van der Waals surface area contributed by atoms with Crippen molar-refractivity contribution in [1.29, 1.82) is 0 Å². The van der Waals surface area contributed by atoms with Crippen molar-refractivity contribution in [2.75, 3.05) is 0 Å². The zero-order valence-corrected chi connectivity index (χ0v) is 9.33. The average Bonchev–Trinajstić information content (AvgIpc) is 2.88. The van der Waals surface area contributed by atoms with Crippen LogP contribution in [0.25, 0.3) is 0 Å². The van der Waals surface area contributed by atoms with Gasteiger partial charge in [-0.3, -0.25) is 9.59 Å². The molecular weight excluding hydrogens is 248 g/mol. The number of esters is 2. The van der Waals surface area contributed by atoms with Gasteiger partial charge in [-0.2, -0.15) is 0 Å². The van der Waals surface area contributed by atoms with Crippen LogP contribution in [0.1, 0.15) is 25.7 Å². The molecule has 100 valence electrons. The maximum atomic E-state index is 10.3. The van der Waals surface area contributed by atoms with E-state index in [1.807, 2.05) is 0 Å². The second-order valence-corrected chi connectivity index (χ2v) is 3.71. The summed E-state index contributed by atoms with van der Waals surface area (Å²) in [6.07, 6.45) is -0.689. The van der Waals surface area contributed by atoms with Gasteiger partial charge in [0, 0.05) is 25.7 Å². The molecule has 0 amide bonds. The van der Waals surface area contributed by atoms with Crippen molar-refractivity contribution < 1.29 is 38.9 Å². The lowest BCUT2D eigenvalue weighted by atomic mass is 10.2. The Balaban J connectivity index is 0.000000180. The minimum Gasteiger partial charge on any atom is -0.479 e. The summed E-state index contributed by atoms with van der Waals surface area (Å²) in [7, 11) is 0. The monoisotopic (exact) mass is 260 g/mol. The highest BCUT2D eigenvalue weighted by atomic mass is 16.6. The van der Waals surface area contributed by atoms with E-state index in [0.29, 0.717) is 12.8 Å². The first-order valence-corrected chi connectivity index (χ1v) is 5.24. The number of hydrogen-bond donors (Lipinski definition) is 2. The van der Waals surface area contributed by atoms with Gasteiger partial charge in [-0.05, 0) is 0 Å². The van der Waals surface area contributed by atoms with Crippen LogP contribution in [0.4, 0.5) is 0 Å². The van der Waals surface area contributed by atoms with Gasteiger partial charge in [-0.1, -0.05) is 0 Å². The summed E-state index contributed by atoms with van der Waals surface area (Å²) in [6, 6.07) is 0. The van der Waals surface area contributed by atoms with Crippen LogP contribution in [0.15, 0.2) is 0 Å². The minimum atomic E-state index is -1.05. The molecule has 8 nitrogen and oxygen atoms in total. The Morgan fingerprint density at radius 3 is 1.33 bits per heavy atom. The number of rotatable bonds is 2. The Bertz CT molecular complexity index is 338. The highest BCUT2D eigenvalue weighted by Gasteiger charge is 2.29. The second-order valence-electron chi connectivity index (χ2n) is 3.71. The van der Waals surface area contributed by atoms with Crippen molar-refractivity contribution in [3.8, 4) is 0 Å². The molecule has 0 radical (unpaired) electrons. The van der Waals surface area contributed by atoms with E-state index in [-0.39, 0.29) is 12.8 Å². The third-order valence-electron chi connectivity index (χ3n) is 2.32. The molecule has 8 heteroatoms. The van der Waals surface area contributed by atoms with Crippen molar-refractivity contribution in [2.45, 2.75) is 37.9 Å². The van der Waals surface area contributed by atoms with Gasteiger partial charge >= 0.3 is 23.9 Å². The van der Waals surface area contributed by atoms with Crippen molar-refractivity contribution in [3.05, 3.63) is 0 Å². The van der Waals surface area contributed by atoms with Crippen molar-refractivity contribution in [2.24, 2.45) is 0 Å². The Kier molecular flexibility index (Phi) is 4.64. The van der Waals surface area contributed by atoms with E-state index in [4.69, 9.17) is 10.2 Å². The Labute approximate surface area is 101 Å². The van der Waals surface area contributed by atoms with Crippen LogP contribution in [0.2, 0.25) is 0 Å². The molecule has 2 saturated heterocycles. The van der Waals surface area contributed by atoms with Crippen LogP contribution in [-0.4, -0.2) is 46.3 Å². The first kappa shape index (κ1) is 13.9. The molecule has 2 aliphatic heterocycles. The SMILES string of the molecule is O=C1CC[C@@H](C(=O)O)O1.O=C1CC[C@@H](C(=O)O)O1. The van der Waals surface area contributed by atoms with Crippen molar-refractivity contribution in [1.82, 2.24) is 0 Å². The number of cyclic esters (lactones) is 2. The van der Waals surface area contributed by atoms with Crippen LogP contribution in [0, 0.1) is 0 Å².